The predicted molar refractivity (Wildman–Crippen MR) is 64.7 cm³/mol. The zero-order valence-electron chi connectivity index (χ0n) is 11.4. The fourth-order valence-corrected chi connectivity index (χ4v) is 1.02. The molecule has 18 heavy (non-hydrogen) atoms. The Kier molecular flexibility index (Phi) is 6.36. The number of nitrogens with one attached hydrogen (secondary N) is 1. The third-order valence-corrected chi connectivity index (χ3v) is 1.61. The van der Waals surface area contributed by atoms with E-state index in [0.717, 1.165) is 6.08 Å². The van der Waals surface area contributed by atoms with Crippen molar-refractivity contribution in [2.45, 2.75) is 46.3 Å². The van der Waals surface area contributed by atoms with Crippen LogP contribution in [0.25, 0.3) is 0 Å². The molecule has 1 amide bonds. The minimum atomic E-state index is -1.05. The van der Waals surface area contributed by atoms with Crippen molar-refractivity contribution < 1.29 is 23.5 Å². The first-order valence-electron chi connectivity index (χ1n) is 5.69. The van der Waals surface area contributed by atoms with Gasteiger partial charge in [0.05, 0.1) is 12.6 Å². The highest BCUT2D eigenvalue weighted by Gasteiger charge is 2.18. The van der Waals surface area contributed by atoms with Gasteiger partial charge in [0, 0.05) is 0 Å². The van der Waals surface area contributed by atoms with Crippen LogP contribution in [0.3, 0.4) is 0 Å². The SMILES string of the molecule is CCOC(=O)/C(F)=C/C(C)NC(=O)OC(C)(C)C. The van der Waals surface area contributed by atoms with Crippen LogP contribution in [0.4, 0.5) is 9.18 Å². The van der Waals surface area contributed by atoms with E-state index in [1.165, 1.54) is 6.92 Å². The first-order chi connectivity index (χ1) is 8.15. The van der Waals surface area contributed by atoms with E-state index in [1.807, 2.05) is 0 Å². The molecule has 0 radical (unpaired) electrons. The Morgan fingerprint density at radius 2 is 1.94 bits per heavy atom. The maximum absolute atomic E-state index is 13.2. The number of rotatable bonds is 4. The zero-order valence-corrected chi connectivity index (χ0v) is 11.4. The molecular formula is C12H20FNO4. The van der Waals surface area contributed by atoms with E-state index in [2.05, 4.69) is 10.1 Å². The molecule has 1 atom stereocenters. The first-order valence-corrected chi connectivity index (χ1v) is 5.69. The lowest BCUT2D eigenvalue weighted by Gasteiger charge is -2.20. The van der Waals surface area contributed by atoms with Crippen LogP contribution in [-0.2, 0) is 14.3 Å². The van der Waals surface area contributed by atoms with Crippen LogP contribution in [0, 0.1) is 0 Å². The summed E-state index contributed by atoms with van der Waals surface area (Å²) in [6.45, 7) is 8.33. The Bertz CT molecular complexity index is 333. The number of esters is 1. The molecule has 0 aliphatic heterocycles. The number of halogens is 1. The second-order valence-corrected chi connectivity index (χ2v) is 4.67. The van der Waals surface area contributed by atoms with Gasteiger partial charge in [-0.1, -0.05) is 0 Å². The average molecular weight is 261 g/mol. The van der Waals surface area contributed by atoms with Crippen LogP contribution in [-0.4, -0.2) is 30.3 Å². The molecular weight excluding hydrogens is 241 g/mol. The summed E-state index contributed by atoms with van der Waals surface area (Å²) in [4.78, 5) is 22.3. The smallest absolute Gasteiger partial charge is 0.408 e. The molecule has 0 aliphatic carbocycles. The van der Waals surface area contributed by atoms with Crippen LogP contribution in [0.1, 0.15) is 34.6 Å². The Hall–Kier alpha value is -1.59. The van der Waals surface area contributed by atoms with Gasteiger partial charge in [-0.3, -0.25) is 0 Å². The largest absolute Gasteiger partial charge is 0.461 e. The highest BCUT2D eigenvalue weighted by Crippen LogP contribution is 2.07. The number of carbonyl (C=O) groups excluding carboxylic acids is 2. The van der Waals surface area contributed by atoms with Crippen molar-refractivity contribution >= 4 is 12.1 Å². The first kappa shape index (κ1) is 16.4. The standard InChI is InChI=1S/C12H20FNO4/c1-6-17-10(15)9(13)7-8(2)14-11(16)18-12(3,4)5/h7-8H,6H2,1-5H3,(H,14,16)/b9-7-. The minimum absolute atomic E-state index is 0.0912. The summed E-state index contributed by atoms with van der Waals surface area (Å²) in [6.07, 6.45) is 0.282. The van der Waals surface area contributed by atoms with E-state index >= 15 is 0 Å². The molecule has 104 valence electrons. The van der Waals surface area contributed by atoms with E-state index in [0.29, 0.717) is 0 Å². The molecule has 6 heteroatoms. The second kappa shape index (κ2) is 6.98. The van der Waals surface area contributed by atoms with Crippen molar-refractivity contribution in [3.63, 3.8) is 0 Å². The van der Waals surface area contributed by atoms with Crippen molar-refractivity contribution in [3.8, 4) is 0 Å². The third-order valence-electron chi connectivity index (χ3n) is 1.61. The van der Waals surface area contributed by atoms with Crippen molar-refractivity contribution in [2.24, 2.45) is 0 Å². The molecule has 0 heterocycles. The lowest BCUT2D eigenvalue weighted by Crippen LogP contribution is -2.37. The normalized spacial score (nSPS) is 13.8. The summed E-state index contributed by atoms with van der Waals surface area (Å²) in [6, 6.07) is -0.677. The van der Waals surface area contributed by atoms with E-state index < -0.39 is 29.5 Å². The van der Waals surface area contributed by atoms with Crippen molar-refractivity contribution in [1.82, 2.24) is 5.32 Å². The summed E-state index contributed by atoms with van der Waals surface area (Å²) in [5, 5.41) is 2.38. The van der Waals surface area contributed by atoms with Gasteiger partial charge in [-0.05, 0) is 40.7 Å². The third kappa shape index (κ3) is 7.65. The molecule has 0 saturated carbocycles. The second-order valence-electron chi connectivity index (χ2n) is 4.67. The monoisotopic (exact) mass is 261 g/mol. The van der Waals surface area contributed by atoms with Crippen molar-refractivity contribution in [2.75, 3.05) is 6.61 Å². The maximum Gasteiger partial charge on any atom is 0.408 e. The Balaban J connectivity index is 4.33. The number of ether oxygens (including phenoxy) is 2. The molecule has 0 saturated heterocycles. The van der Waals surface area contributed by atoms with Gasteiger partial charge in [-0.2, -0.15) is 4.39 Å². The molecule has 0 bridgehead atoms. The predicted octanol–water partition coefficient (Wildman–Crippen LogP) is 2.32. The van der Waals surface area contributed by atoms with E-state index in [4.69, 9.17) is 4.74 Å². The lowest BCUT2D eigenvalue weighted by atomic mass is 10.2. The van der Waals surface area contributed by atoms with Gasteiger partial charge >= 0.3 is 12.1 Å². The highest BCUT2D eigenvalue weighted by molar-refractivity contribution is 5.86. The molecule has 0 aromatic heterocycles. The average Bonchev–Trinajstić information content (AvgIpc) is 2.13. The van der Waals surface area contributed by atoms with Crippen LogP contribution in [0.15, 0.2) is 11.9 Å². The van der Waals surface area contributed by atoms with E-state index in [9.17, 15) is 14.0 Å². The molecule has 0 spiro atoms. The zero-order chi connectivity index (χ0) is 14.3. The molecule has 0 aromatic carbocycles. The topological polar surface area (TPSA) is 64.6 Å². The number of alkyl carbamates (subject to hydrolysis) is 1. The Morgan fingerprint density at radius 1 is 1.39 bits per heavy atom. The quantitative estimate of drug-likeness (QED) is 0.623. The summed E-state index contributed by atoms with van der Waals surface area (Å²) in [7, 11) is 0. The summed E-state index contributed by atoms with van der Waals surface area (Å²) < 4.78 is 22.7. The highest BCUT2D eigenvalue weighted by atomic mass is 19.1. The van der Waals surface area contributed by atoms with Crippen LogP contribution >= 0.6 is 0 Å². The molecule has 0 fully saturated rings. The van der Waals surface area contributed by atoms with Crippen LogP contribution in [0.2, 0.25) is 0 Å². The van der Waals surface area contributed by atoms with Gasteiger partial charge in [0.15, 0.2) is 0 Å². The van der Waals surface area contributed by atoms with Crippen LogP contribution in [0.5, 0.6) is 0 Å². The molecule has 0 aromatic rings. The fourth-order valence-electron chi connectivity index (χ4n) is 1.02. The maximum atomic E-state index is 13.2. The lowest BCUT2D eigenvalue weighted by molar-refractivity contribution is -0.140. The van der Waals surface area contributed by atoms with Gasteiger partial charge in [-0.15, -0.1) is 0 Å². The van der Waals surface area contributed by atoms with Gasteiger partial charge in [0.2, 0.25) is 5.83 Å². The Morgan fingerprint density at radius 3 is 2.39 bits per heavy atom. The van der Waals surface area contributed by atoms with E-state index in [-0.39, 0.29) is 6.61 Å². The molecule has 0 aliphatic rings. The molecule has 0 rings (SSSR count). The minimum Gasteiger partial charge on any atom is -0.461 e. The van der Waals surface area contributed by atoms with E-state index in [1.54, 1.807) is 27.7 Å². The Labute approximate surface area is 106 Å². The summed E-state index contributed by atoms with van der Waals surface area (Å²) in [5.74, 6) is -2.09. The van der Waals surface area contributed by atoms with Crippen molar-refractivity contribution in [1.29, 1.82) is 0 Å². The van der Waals surface area contributed by atoms with Crippen LogP contribution < -0.4 is 5.32 Å². The molecule has 5 nitrogen and oxygen atoms in total. The number of hydrogen-bond donors (Lipinski definition) is 1. The molecule has 1 N–H and O–H groups in total. The molecule has 1 unspecified atom stereocenters. The van der Waals surface area contributed by atoms with Gasteiger partial charge in [-0.25, -0.2) is 9.59 Å². The summed E-state index contributed by atoms with van der Waals surface area (Å²) >= 11 is 0. The van der Waals surface area contributed by atoms with Gasteiger partial charge < -0.3 is 14.8 Å². The van der Waals surface area contributed by atoms with Crippen molar-refractivity contribution in [3.05, 3.63) is 11.9 Å². The summed E-state index contributed by atoms with van der Waals surface area (Å²) in [5.41, 5.74) is -0.632. The number of hydrogen-bond acceptors (Lipinski definition) is 4. The number of carbonyl (C=O) groups is 2. The fraction of sp³-hybridized carbons (Fsp3) is 0.667. The van der Waals surface area contributed by atoms with Gasteiger partial charge in [0.1, 0.15) is 5.60 Å². The number of amides is 1. The van der Waals surface area contributed by atoms with Gasteiger partial charge in [0.25, 0.3) is 0 Å².